The summed E-state index contributed by atoms with van der Waals surface area (Å²) < 4.78 is 0. The van der Waals surface area contributed by atoms with Gasteiger partial charge in [-0.1, -0.05) is 6.42 Å². The fourth-order valence-electron chi connectivity index (χ4n) is 2.88. The quantitative estimate of drug-likeness (QED) is 0.762. The lowest BCUT2D eigenvalue weighted by atomic mass is 10.1. The van der Waals surface area contributed by atoms with Crippen molar-refractivity contribution in [3.05, 3.63) is 0 Å². The Morgan fingerprint density at radius 1 is 1.35 bits per heavy atom. The highest BCUT2D eigenvalue weighted by Gasteiger charge is 2.27. The summed E-state index contributed by atoms with van der Waals surface area (Å²) in [4.78, 5) is 14.0. The second kappa shape index (κ2) is 5.83. The van der Waals surface area contributed by atoms with Gasteiger partial charge in [-0.25, -0.2) is 0 Å². The first-order valence-corrected chi connectivity index (χ1v) is 6.88. The summed E-state index contributed by atoms with van der Waals surface area (Å²) in [6.07, 6.45) is 5.22. The van der Waals surface area contributed by atoms with Crippen molar-refractivity contribution in [3.63, 3.8) is 0 Å². The van der Waals surface area contributed by atoms with E-state index in [9.17, 15) is 9.90 Å². The molecule has 1 saturated heterocycles. The molecule has 3 atom stereocenters. The molecule has 1 saturated carbocycles. The van der Waals surface area contributed by atoms with Crippen LogP contribution in [0.4, 0.5) is 0 Å². The fraction of sp³-hybridized carbons (Fsp3) is 0.923. The normalized spacial score (nSPS) is 30.8. The van der Waals surface area contributed by atoms with Gasteiger partial charge < -0.3 is 15.3 Å². The van der Waals surface area contributed by atoms with E-state index in [2.05, 4.69) is 5.32 Å². The number of nitrogens with zero attached hydrogens (tertiary/aromatic N) is 1. The molecule has 98 valence electrons. The summed E-state index contributed by atoms with van der Waals surface area (Å²) in [7, 11) is 0. The Labute approximate surface area is 103 Å². The largest absolute Gasteiger partial charge is 0.393 e. The summed E-state index contributed by atoms with van der Waals surface area (Å²) in [5.41, 5.74) is 0. The maximum atomic E-state index is 12.0. The first-order valence-electron chi connectivity index (χ1n) is 6.88. The van der Waals surface area contributed by atoms with Gasteiger partial charge in [0.25, 0.3) is 0 Å². The topological polar surface area (TPSA) is 52.6 Å². The minimum absolute atomic E-state index is 0.110. The van der Waals surface area contributed by atoms with Gasteiger partial charge in [0.05, 0.1) is 12.1 Å². The van der Waals surface area contributed by atoms with E-state index in [1.807, 2.05) is 11.8 Å². The van der Waals surface area contributed by atoms with Gasteiger partial charge in [-0.05, 0) is 38.5 Å². The molecule has 1 aliphatic heterocycles. The van der Waals surface area contributed by atoms with Gasteiger partial charge in [-0.3, -0.25) is 4.79 Å². The molecule has 0 radical (unpaired) electrons. The van der Waals surface area contributed by atoms with Crippen molar-refractivity contribution in [2.75, 3.05) is 19.6 Å². The second-order valence-electron chi connectivity index (χ2n) is 5.42. The first-order chi connectivity index (χ1) is 8.18. The molecule has 0 bridgehead atoms. The molecular formula is C13H24N2O2. The van der Waals surface area contributed by atoms with Gasteiger partial charge in [-0.2, -0.15) is 0 Å². The highest BCUT2D eigenvalue weighted by atomic mass is 16.3. The van der Waals surface area contributed by atoms with Crippen LogP contribution in [0.5, 0.6) is 0 Å². The Morgan fingerprint density at radius 2 is 2.06 bits per heavy atom. The van der Waals surface area contributed by atoms with E-state index in [1.54, 1.807) is 0 Å². The van der Waals surface area contributed by atoms with E-state index in [4.69, 9.17) is 0 Å². The number of hydrogen-bond acceptors (Lipinski definition) is 3. The minimum atomic E-state index is -0.170. The molecule has 3 unspecified atom stereocenters. The molecule has 1 amide bonds. The number of hydrogen-bond donors (Lipinski definition) is 2. The van der Waals surface area contributed by atoms with Crippen molar-refractivity contribution in [2.45, 2.75) is 51.2 Å². The van der Waals surface area contributed by atoms with Crippen LogP contribution in [-0.4, -0.2) is 47.7 Å². The van der Waals surface area contributed by atoms with Gasteiger partial charge in [0.2, 0.25) is 5.91 Å². The predicted molar refractivity (Wildman–Crippen MR) is 66.6 cm³/mol. The molecule has 2 fully saturated rings. The molecule has 1 heterocycles. The number of amides is 1. The van der Waals surface area contributed by atoms with E-state index >= 15 is 0 Å². The van der Waals surface area contributed by atoms with Crippen LogP contribution in [-0.2, 0) is 4.79 Å². The highest BCUT2D eigenvalue weighted by Crippen LogP contribution is 2.24. The summed E-state index contributed by atoms with van der Waals surface area (Å²) in [6.45, 7) is 4.53. The third-order valence-electron chi connectivity index (χ3n) is 4.09. The average Bonchev–Trinajstić information content (AvgIpc) is 2.96. The van der Waals surface area contributed by atoms with Crippen LogP contribution in [0, 0.1) is 5.92 Å². The summed E-state index contributed by atoms with van der Waals surface area (Å²) in [5.74, 6) is 0.554. The van der Waals surface area contributed by atoms with Crippen LogP contribution in [0.25, 0.3) is 0 Å². The molecule has 2 aliphatic rings. The first kappa shape index (κ1) is 12.8. The molecule has 0 aromatic carbocycles. The van der Waals surface area contributed by atoms with Crippen molar-refractivity contribution < 1.29 is 9.90 Å². The molecule has 17 heavy (non-hydrogen) atoms. The Hall–Kier alpha value is -0.610. The standard InChI is InChI=1S/C13H24N2O2/c1-10(13(17)15-7-2-3-8-15)14-9-11-5-4-6-12(11)16/h10-12,14,16H,2-9H2,1H3. The van der Waals surface area contributed by atoms with Crippen molar-refractivity contribution in [1.82, 2.24) is 10.2 Å². The Morgan fingerprint density at radius 3 is 2.65 bits per heavy atom. The Balaban J connectivity index is 1.72. The van der Waals surface area contributed by atoms with Crippen LogP contribution in [0.15, 0.2) is 0 Å². The van der Waals surface area contributed by atoms with Gasteiger partial charge in [-0.15, -0.1) is 0 Å². The number of aliphatic hydroxyl groups excluding tert-OH is 1. The van der Waals surface area contributed by atoms with Crippen molar-refractivity contribution in [1.29, 1.82) is 0 Å². The summed E-state index contributed by atoms with van der Waals surface area (Å²) >= 11 is 0. The van der Waals surface area contributed by atoms with E-state index in [1.165, 1.54) is 0 Å². The van der Waals surface area contributed by atoms with Crippen LogP contribution >= 0.6 is 0 Å². The molecule has 0 aromatic heterocycles. The lowest BCUT2D eigenvalue weighted by Gasteiger charge is -2.23. The maximum Gasteiger partial charge on any atom is 0.239 e. The van der Waals surface area contributed by atoms with Crippen LogP contribution < -0.4 is 5.32 Å². The molecule has 2 rings (SSSR count). The lowest BCUT2D eigenvalue weighted by molar-refractivity contribution is -0.132. The van der Waals surface area contributed by atoms with Gasteiger partial charge in [0.15, 0.2) is 0 Å². The number of nitrogens with one attached hydrogen (secondary N) is 1. The molecule has 4 nitrogen and oxygen atoms in total. The number of carbonyl (C=O) groups excluding carboxylic acids is 1. The second-order valence-corrected chi connectivity index (χ2v) is 5.42. The van der Waals surface area contributed by atoms with E-state index in [0.717, 1.165) is 51.7 Å². The van der Waals surface area contributed by atoms with Crippen molar-refractivity contribution in [3.8, 4) is 0 Å². The third kappa shape index (κ3) is 3.19. The Bertz CT molecular complexity index is 264. The molecule has 0 spiro atoms. The number of carbonyl (C=O) groups is 1. The van der Waals surface area contributed by atoms with Gasteiger partial charge in [0, 0.05) is 19.6 Å². The number of rotatable bonds is 4. The zero-order chi connectivity index (χ0) is 12.3. The van der Waals surface area contributed by atoms with Gasteiger partial charge >= 0.3 is 0 Å². The van der Waals surface area contributed by atoms with Crippen molar-refractivity contribution >= 4 is 5.91 Å². The monoisotopic (exact) mass is 240 g/mol. The maximum absolute atomic E-state index is 12.0. The number of likely N-dealkylation sites (tertiary alicyclic amines) is 1. The SMILES string of the molecule is CC(NCC1CCCC1O)C(=O)N1CCCC1. The van der Waals surface area contributed by atoms with Crippen LogP contribution in [0.2, 0.25) is 0 Å². The van der Waals surface area contributed by atoms with E-state index in [0.29, 0.717) is 5.92 Å². The van der Waals surface area contributed by atoms with Crippen LogP contribution in [0.1, 0.15) is 39.0 Å². The average molecular weight is 240 g/mol. The molecule has 2 N–H and O–H groups in total. The zero-order valence-corrected chi connectivity index (χ0v) is 10.7. The molecule has 4 heteroatoms. The lowest BCUT2D eigenvalue weighted by Crippen LogP contribution is -2.45. The molecular weight excluding hydrogens is 216 g/mol. The smallest absolute Gasteiger partial charge is 0.239 e. The highest BCUT2D eigenvalue weighted by molar-refractivity contribution is 5.81. The minimum Gasteiger partial charge on any atom is -0.393 e. The summed E-state index contributed by atoms with van der Waals surface area (Å²) in [5, 5.41) is 13.0. The van der Waals surface area contributed by atoms with Crippen molar-refractivity contribution in [2.24, 2.45) is 5.92 Å². The van der Waals surface area contributed by atoms with Crippen LogP contribution in [0.3, 0.4) is 0 Å². The summed E-state index contributed by atoms with van der Waals surface area (Å²) in [6, 6.07) is -0.110. The molecule has 1 aliphatic carbocycles. The predicted octanol–water partition coefficient (Wildman–Crippen LogP) is 0.748. The number of aliphatic hydroxyl groups is 1. The van der Waals surface area contributed by atoms with Gasteiger partial charge in [0.1, 0.15) is 0 Å². The fourth-order valence-corrected chi connectivity index (χ4v) is 2.88. The molecule has 0 aromatic rings. The zero-order valence-electron chi connectivity index (χ0n) is 10.7. The van der Waals surface area contributed by atoms with E-state index in [-0.39, 0.29) is 18.1 Å². The third-order valence-corrected chi connectivity index (χ3v) is 4.09. The van der Waals surface area contributed by atoms with E-state index < -0.39 is 0 Å². The Kier molecular flexibility index (Phi) is 4.40.